The molecule has 0 unspecified atom stereocenters. The topological polar surface area (TPSA) is 172 Å². The number of carbonyl (C=O) groups excluding carboxylic acids is 1. The summed E-state index contributed by atoms with van der Waals surface area (Å²) >= 11 is 0. The van der Waals surface area contributed by atoms with Crippen LogP contribution in [0.15, 0.2) is 41.8 Å². The molecule has 2 atom stereocenters. The Hall–Kier alpha value is -3.84. The summed E-state index contributed by atoms with van der Waals surface area (Å²) in [5.74, 6) is 0.0344. The van der Waals surface area contributed by atoms with E-state index in [1.165, 1.54) is 4.52 Å². The number of amides is 1. The van der Waals surface area contributed by atoms with Crippen molar-refractivity contribution in [3.05, 3.63) is 42.6 Å². The van der Waals surface area contributed by atoms with Crippen molar-refractivity contribution in [1.29, 1.82) is 0 Å². The van der Waals surface area contributed by atoms with Crippen molar-refractivity contribution in [3.8, 4) is 22.6 Å². The van der Waals surface area contributed by atoms with E-state index in [0.29, 0.717) is 47.8 Å². The van der Waals surface area contributed by atoms with Crippen LogP contribution in [0.3, 0.4) is 0 Å². The number of fused-ring (bicyclic) bond motifs is 1. The lowest BCUT2D eigenvalue weighted by molar-refractivity contribution is -0.137. The number of nitrogens with zero attached hydrogens (tertiary/aromatic N) is 6. The predicted molar refractivity (Wildman–Crippen MR) is 132 cm³/mol. The van der Waals surface area contributed by atoms with E-state index in [4.69, 9.17) is 10.7 Å². The van der Waals surface area contributed by atoms with E-state index in [9.17, 15) is 18.3 Å². The van der Waals surface area contributed by atoms with Gasteiger partial charge in [0.15, 0.2) is 21.3 Å². The van der Waals surface area contributed by atoms with Crippen molar-refractivity contribution in [3.63, 3.8) is 0 Å². The summed E-state index contributed by atoms with van der Waals surface area (Å²) < 4.78 is 27.0. The predicted octanol–water partition coefficient (Wildman–Crippen LogP) is 1.25. The van der Waals surface area contributed by atoms with Crippen molar-refractivity contribution >= 4 is 27.2 Å². The van der Waals surface area contributed by atoms with Crippen LogP contribution in [0, 0.1) is 0 Å². The van der Waals surface area contributed by atoms with Gasteiger partial charge in [-0.2, -0.15) is 9.61 Å². The summed E-state index contributed by atoms with van der Waals surface area (Å²) in [6.07, 6.45) is 8.71. The number of nitrogen functional groups attached to an aromatic ring is 1. The largest absolute Gasteiger partial charge is 0.387 e. The second kappa shape index (κ2) is 8.99. The lowest BCUT2D eigenvalue weighted by Crippen LogP contribution is -2.45. The van der Waals surface area contributed by atoms with Crippen molar-refractivity contribution in [2.24, 2.45) is 0 Å². The lowest BCUT2D eigenvalue weighted by Gasteiger charge is -2.37. The number of anilines is 1. The van der Waals surface area contributed by atoms with Crippen LogP contribution in [0.25, 0.3) is 28.3 Å². The first kappa shape index (κ1) is 23.9. The number of pyridine rings is 1. The highest BCUT2D eigenvalue weighted by molar-refractivity contribution is 7.91. The van der Waals surface area contributed by atoms with Crippen LogP contribution in [0.5, 0.6) is 0 Å². The zero-order valence-electron chi connectivity index (χ0n) is 19.8. The van der Waals surface area contributed by atoms with E-state index in [2.05, 4.69) is 20.1 Å². The van der Waals surface area contributed by atoms with Crippen LogP contribution in [-0.2, 0) is 14.6 Å². The van der Waals surface area contributed by atoms with Crippen LogP contribution >= 0.6 is 0 Å². The Morgan fingerprint density at radius 2 is 2.08 bits per heavy atom. The molecule has 4 aromatic rings. The maximum absolute atomic E-state index is 12.8. The van der Waals surface area contributed by atoms with Crippen LogP contribution in [0.4, 0.5) is 5.82 Å². The molecule has 0 aliphatic carbocycles. The van der Waals surface area contributed by atoms with Crippen LogP contribution < -0.4 is 5.73 Å². The monoisotopic (exact) mass is 510 g/mol. The average Bonchev–Trinajstić information content (AvgIpc) is 3.53. The number of aromatic amines is 1. The Morgan fingerprint density at radius 3 is 2.69 bits per heavy atom. The van der Waals surface area contributed by atoms with E-state index >= 15 is 0 Å². The minimum atomic E-state index is -3.73. The molecule has 0 radical (unpaired) electrons. The molecule has 1 saturated heterocycles. The number of sulfone groups is 1. The van der Waals surface area contributed by atoms with Gasteiger partial charge in [0.05, 0.1) is 11.9 Å². The highest BCUT2D eigenvalue weighted by Crippen LogP contribution is 2.38. The van der Waals surface area contributed by atoms with Gasteiger partial charge >= 0.3 is 0 Å². The molecule has 1 aliphatic rings. The Balaban J connectivity index is 1.60. The maximum Gasteiger partial charge on any atom is 0.248 e. The number of nitrogens with two attached hydrogens (primary N) is 1. The first-order chi connectivity index (χ1) is 17.2. The molecule has 0 saturated carbocycles. The van der Waals surface area contributed by atoms with Crippen LogP contribution in [-0.4, -0.2) is 79.3 Å². The van der Waals surface area contributed by atoms with E-state index in [0.717, 1.165) is 11.8 Å². The molecule has 0 aromatic carbocycles. The molecular weight excluding hydrogens is 484 g/mol. The molecule has 4 aromatic heterocycles. The highest BCUT2D eigenvalue weighted by atomic mass is 32.2. The summed E-state index contributed by atoms with van der Waals surface area (Å²) in [4.78, 5) is 30.1. The molecule has 0 spiro atoms. The smallest absolute Gasteiger partial charge is 0.248 e. The van der Waals surface area contributed by atoms with Crippen LogP contribution in [0.1, 0.15) is 31.4 Å². The third-order valence-electron chi connectivity index (χ3n) is 6.57. The Labute approximate surface area is 207 Å². The van der Waals surface area contributed by atoms with Gasteiger partial charge in [-0.25, -0.2) is 18.4 Å². The number of H-pyrrole nitrogens is 1. The van der Waals surface area contributed by atoms with Gasteiger partial charge in [-0.05, 0) is 25.8 Å². The number of rotatable bonds is 5. The number of likely N-dealkylation sites (tertiary alicyclic amines) is 1. The van der Waals surface area contributed by atoms with Gasteiger partial charge in [-0.1, -0.05) is 6.07 Å². The van der Waals surface area contributed by atoms with Gasteiger partial charge in [0, 0.05) is 54.5 Å². The summed E-state index contributed by atoms with van der Waals surface area (Å²) in [6, 6.07) is 3.49. The fourth-order valence-electron chi connectivity index (χ4n) is 4.86. The standard InChI is InChI=1S/C23H26N8O4S/c1-13-9-14(5-8-30(13)18(33)12-32)19-20(36(2,34)35)21(24)31-23(29-19)16(11-28-31)15-3-4-17(27-10-15)22-25-6-7-26-22/h3-4,6-7,10-11,13-14,32H,5,8-9,12,24H2,1-2H3,(H,25,26)/t13-,14+/m0/s1. The summed E-state index contributed by atoms with van der Waals surface area (Å²) in [5.41, 5.74) is 9.23. The zero-order chi connectivity index (χ0) is 25.6. The van der Waals surface area contributed by atoms with E-state index in [-0.39, 0.29) is 28.6 Å². The third-order valence-corrected chi connectivity index (χ3v) is 7.73. The third kappa shape index (κ3) is 4.09. The minimum Gasteiger partial charge on any atom is -0.387 e. The fourth-order valence-corrected chi connectivity index (χ4v) is 5.92. The van der Waals surface area contributed by atoms with Gasteiger partial charge in [0.1, 0.15) is 23.0 Å². The molecule has 1 fully saturated rings. The second-order valence-corrected chi connectivity index (χ2v) is 10.9. The number of nitrogens with one attached hydrogen (secondary N) is 1. The number of carbonyl (C=O) groups is 1. The normalized spacial score (nSPS) is 18.6. The van der Waals surface area contributed by atoms with E-state index in [1.54, 1.807) is 29.7 Å². The minimum absolute atomic E-state index is 0.00886. The van der Waals surface area contributed by atoms with Gasteiger partial charge in [-0.15, -0.1) is 0 Å². The number of aromatic nitrogens is 6. The molecule has 36 heavy (non-hydrogen) atoms. The summed E-state index contributed by atoms with van der Waals surface area (Å²) in [6.45, 7) is 1.69. The number of piperidine rings is 1. The van der Waals surface area contributed by atoms with Crippen molar-refractivity contribution in [2.75, 3.05) is 25.1 Å². The molecule has 12 nitrogen and oxygen atoms in total. The van der Waals surface area contributed by atoms with Gasteiger partial charge in [0.2, 0.25) is 5.91 Å². The maximum atomic E-state index is 12.8. The van der Waals surface area contributed by atoms with Crippen LogP contribution in [0.2, 0.25) is 0 Å². The number of imidazole rings is 1. The quantitative estimate of drug-likeness (QED) is 0.357. The SMILES string of the molecule is C[C@H]1C[C@H](c2nc3c(-c4ccc(-c5ncc[nH]5)nc4)cnn3c(N)c2S(C)(=O)=O)CCN1C(=O)CO. The van der Waals surface area contributed by atoms with Gasteiger partial charge in [-0.3, -0.25) is 9.78 Å². The Kier molecular flexibility index (Phi) is 5.96. The van der Waals surface area contributed by atoms with Gasteiger partial charge < -0.3 is 20.7 Å². The number of aliphatic hydroxyl groups is 1. The number of hydrogen-bond acceptors (Lipinski definition) is 9. The molecule has 1 aliphatic heterocycles. The zero-order valence-corrected chi connectivity index (χ0v) is 20.6. The Morgan fingerprint density at radius 1 is 1.28 bits per heavy atom. The van der Waals surface area contributed by atoms with E-state index < -0.39 is 16.4 Å². The molecule has 4 N–H and O–H groups in total. The molecule has 5 rings (SSSR count). The number of aliphatic hydroxyl groups excluding tert-OH is 1. The first-order valence-corrected chi connectivity index (χ1v) is 13.3. The molecular formula is C23H26N8O4S. The van der Waals surface area contributed by atoms with Crippen molar-refractivity contribution < 1.29 is 18.3 Å². The summed E-state index contributed by atoms with van der Waals surface area (Å²) in [7, 11) is -3.73. The average molecular weight is 511 g/mol. The number of hydrogen-bond donors (Lipinski definition) is 3. The Bertz CT molecular complexity index is 1530. The lowest BCUT2D eigenvalue weighted by atomic mass is 9.88. The molecule has 5 heterocycles. The second-order valence-electron chi connectivity index (χ2n) is 8.96. The molecule has 1 amide bonds. The van der Waals surface area contributed by atoms with E-state index in [1.807, 2.05) is 19.1 Å². The highest BCUT2D eigenvalue weighted by Gasteiger charge is 2.34. The van der Waals surface area contributed by atoms with Gasteiger partial charge in [0.25, 0.3) is 0 Å². The molecule has 13 heteroatoms. The molecule has 0 bridgehead atoms. The van der Waals surface area contributed by atoms with Crippen molar-refractivity contribution in [1.82, 2.24) is 34.4 Å². The fraction of sp³-hybridized carbons (Fsp3) is 0.348. The summed E-state index contributed by atoms with van der Waals surface area (Å²) in [5, 5.41) is 13.6. The first-order valence-electron chi connectivity index (χ1n) is 11.4. The molecule has 188 valence electrons. The van der Waals surface area contributed by atoms with Crippen molar-refractivity contribution in [2.45, 2.75) is 36.6 Å².